The Morgan fingerprint density at radius 2 is 2.00 bits per heavy atom. The van der Waals surface area contributed by atoms with Gasteiger partial charge in [-0.3, -0.25) is 5.32 Å². The molecular weight excluding hydrogens is 348 g/mol. The summed E-state index contributed by atoms with van der Waals surface area (Å²) in [5, 5.41) is 12.0. The largest absolute Gasteiger partial charge is 0.478 e. The van der Waals surface area contributed by atoms with Gasteiger partial charge in [-0.2, -0.15) is 0 Å². The number of nitrogens with one attached hydrogen (secondary N) is 2. The molecule has 2 aromatic heterocycles. The van der Waals surface area contributed by atoms with E-state index in [1.54, 1.807) is 52.1 Å². The summed E-state index contributed by atoms with van der Waals surface area (Å²) in [5.41, 5.74) is 2.91. The van der Waals surface area contributed by atoms with Gasteiger partial charge in [0.25, 0.3) is 0 Å². The number of carbonyl (C=O) groups is 2. The minimum Gasteiger partial charge on any atom is -0.478 e. The van der Waals surface area contributed by atoms with Crippen molar-refractivity contribution in [2.75, 3.05) is 5.32 Å². The third-order valence-corrected chi connectivity index (χ3v) is 4.03. The maximum atomic E-state index is 12.0. The molecule has 142 valence electrons. The standard InChI is InChI=1S/C19H22N4O4/c1-10-12(17(24)25)6-7-13-15(10)22-16(21-13)14-8-11(9-23(14)5)20-18(26)27-19(2,3)4/h6-9H,1-5H3,(H,20,26)(H,21,22)(H,24,25). The fourth-order valence-electron chi connectivity index (χ4n) is 2.86. The predicted octanol–water partition coefficient (Wildman–Crippen LogP) is 3.92. The number of fused-ring (bicyclic) bond motifs is 1. The van der Waals surface area contributed by atoms with Crippen molar-refractivity contribution >= 4 is 28.8 Å². The average molecular weight is 370 g/mol. The Kier molecular flexibility index (Phi) is 4.43. The molecule has 3 rings (SSSR count). The topological polar surface area (TPSA) is 109 Å². The lowest BCUT2D eigenvalue weighted by molar-refractivity contribution is 0.0634. The second-order valence-electron chi connectivity index (χ2n) is 7.38. The van der Waals surface area contributed by atoms with Gasteiger partial charge < -0.3 is 19.4 Å². The highest BCUT2D eigenvalue weighted by Crippen LogP contribution is 2.27. The van der Waals surface area contributed by atoms with Crippen LogP contribution in [0.25, 0.3) is 22.6 Å². The van der Waals surface area contributed by atoms with Crippen LogP contribution >= 0.6 is 0 Å². The zero-order valence-corrected chi connectivity index (χ0v) is 15.9. The molecule has 8 heteroatoms. The molecule has 0 aliphatic carbocycles. The number of hydrogen-bond acceptors (Lipinski definition) is 4. The molecule has 0 aliphatic rings. The lowest BCUT2D eigenvalue weighted by Gasteiger charge is -2.19. The van der Waals surface area contributed by atoms with Crippen LogP contribution in [-0.2, 0) is 11.8 Å². The van der Waals surface area contributed by atoms with E-state index in [1.807, 2.05) is 11.6 Å². The minimum absolute atomic E-state index is 0.222. The number of aromatic nitrogens is 3. The first kappa shape index (κ1) is 18.5. The average Bonchev–Trinajstić information content (AvgIpc) is 3.09. The molecular formula is C19H22N4O4. The van der Waals surface area contributed by atoms with Crippen molar-refractivity contribution in [1.29, 1.82) is 0 Å². The summed E-state index contributed by atoms with van der Waals surface area (Å²) < 4.78 is 7.07. The van der Waals surface area contributed by atoms with Crippen molar-refractivity contribution in [3.05, 3.63) is 35.5 Å². The van der Waals surface area contributed by atoms with E-state index in [0.717, 1.165) is 11.2 Å². The highest BCUT2D eigenvalue weighted by atomic mass is 16.6. The second kappa shape index (κ2) is 6.46. The first-order valence-electron chi connectivity index (χ1n) is 8.44. The van der Waals surface area contributed by atoms with Crippen LogP contribution in [0.5, 0.6) is 0 Å². The molecule has 0 radical (unpaired) electrons. The van der Waals surface area contributed by atoms with E-state index in [0.29, 0.717) is 22.6 Å². The Bertz CT molecular complexity index is 1040. The van der Waals surface area contributed by atoms with Gasteiger partial charge in [0.1, 0.15) is 5.60 Å². The van der Waals surface area contributed by atoms with E-state index in [1.165, 1.54) is 0 Å². The number of rotatable bonds is 3. The van der Waals surface area contributed by atoms with Gasteiger partial charge in [0.05, 0.1) is 28.0 Å². The number of aromatic carboxylic acids is 1. The van der Waals surface area contributed by atoms with E-state index in [9.17, 15) is 14.7 Å². The van der Waals surface area contributed by atoms with Gasteiger partial charge in [0, 0.05) is 13.2 Å². The first-order valence-corrected chi connectivity index (χ1v) is 8.44. The molecule has 0 aliphatic heterocycles. The number of nitrogens with zero attached hydrogens (tertiary/aromatic N) is 2. The number of aromatic amines is 1. The molecule has 8 nitrogen and oxygen atoms in total. The SMILES string of the molecule is Cc1c(C(=O)O)ccc2[nH]c(-c3cc(NC(=O)OC(C)(C)C)cn3C)nc12. The number of carboxylic acid groups (broad SMARTS) is 1. The van der Waals surface area contributed by atoms with E-state index < -0.39 is 17.7 Å². The van der Waals surface area contributed by atoms with Gasteiger partial charge in [-0.1, -0.05) is 0 Å². The normalized spacial score (nSPS) is 11.6. The number of carboxylic acids is 1. The summed E-state index contributed by atoms with van der Waals surface area (Å²) in [6.45, 7) is 7.12. The van der Waals surface area contributed by atoms with E-state index in [-0.39, 0.29) is 5.56 Å². The highest BCUT2D eigenvalue weighted by molar-refractivity contribution is 5.96. The summed E-state index contributed by atoms with van der Waals surface area (Å²) in [6.07, 6.45) is 1.22. The van der Waals surface area contributed by atoms with Crippen molar-refractivity contribution in [1.82, 2.24) is 14.5 Å². The van der Waals surface area contributed by atoms with Crippen molar-refractivity contribution < 1.29 is 19.4 Å². The number of hydrogen-bond donors (Lipinski definition) is 3. The van der Waals surface area contributed by atoms with Crippen LogP contribution in [0.15, 0.2) is 24.4 Å². The predicted molar refractivity (Wildman–Crippen MR) is 102 cm³/mol. The van der Waals surface area contributed by atoms with Crippen LogP contribution in [0.4, 0.5) is 10.5 Å². The monoisotopic (exact) mass is 370 g/mol. The molecule has 1 aromatic carbocycles. The van der Waals surface area contributed by atoms with Gasteiger partial charge in [-0.25, -0.2) is 14.6 Å². The third kappa shape index (κ3) is 3.79. The smallest absolute Gasteiger partial charge is 0.412 e. The van der Waals surface area contributed by atoms with Crippen molar-refractivity contribution in [3.63, 3.8) is 0 Å². The third-order valence-electron chi connectivity index (χ3n) is 4.03. The molecule has 0 saturated heterocycles. The lowest BCUT2D eigenvalue weighted by Crippen LogP contribution is -2.27. The Labute approximate surface area is 156 Å². The van der Waals surface area contributed by atoms with E-state index in [4.69, 9.17) is 4.74 Å². The van der Waals surface area contributed by atoms with Gasteiger partial charge in [0.2, 0.25) is 0 Å². The van der Waals surface area contributed by atoms with Crippen molar-refractivity contribution in [3.8, 4) is 11.5 Å². The molecule has 0 fully saturated rings. The van der Waals surface area contributed by atoms with E-state index >= 15 is 0 Å². The molecule has 0 bridgehead atoms. The molecule has 2 heterocycles. The van der Waals surface area contributed by atoms with Gasteiger partial charge in [-0.05, 0) is 51.5 Å². The first-order chi connectivity index (χ1) is 12.5. The summed E-state index contributed by atoms with van der Waals surface area (Å²) in [6, 6.07) is 5.03. The number of ether oxygens (including phenoxy) is 1. The molecule has 3 N–H and O–H groups in total. The van der Waals surface area contributed by atoms with Crippen LogP contribution in [0.3, 0.4) is 0 Å². The molecule has 27 heavy (non-hydrogen) atoms. The Balaban J connectivity index is 1.93. The Hall–Kier alpha value is -3.29. The molecule has 0 saturated carbocycles. The van der Waals surface area contributed by atoms with Crippen LogP contribution in [0, 0.1) is 6.92 Å². The Morgan fingerprint density at radius 3 is 2.63 bits per heavy atom. The van der Waals surface area contributed by atoms with Crippen molar-refractivity contribution in [2.45, 2.75) is 33.3 Å². The molecule has 0 atom stereocenters. The maximum absolute atomic E-state index is 12.0. The van der Waals surface area contributed by atoms with Crippen LogP contribution in [0.2, 0.25) is 0 Å². The zero-order valence-electron chi connectivity index (χ0n) is 15.9. The number of imidazole rings is 1. The number of anilines is 1. The fourth-order valence-corrected chi connectivity index (χ4v) is 2.86. The Morgan fingerprint density at radius 1 is 1.30 bits per heavy atom. The molecule has 1 amide bonds. The number of aryl methyl sites for hydroxylation is 2. The maximum Gasteiger partial charge on any atom is 0.412 e. The summed E-state index contributed by atoms with van der Waals surface area (Å²) in [4.78, 5) is 31.0. The van der Waals surface area contributed by atoms with Gasteiger partial charge in [-0.15, -0.1) is 0 Å². The fraction of sp³-hybridized carbons (Fsp3) is 0.316. The van der Waals surface area contributed by atoms with Gasteiger partial charge in [0.15, 0.2) is 5.82 Å². The zero-order chi connectivity index (χ0) is 19.9. The summed E-state index contributed by atoms with van der Waals surface area (Å²) >= 11 is 0. The van der Waals surface area contributed by atoms with Crippen LogP contribution in [0.1, 0.15) is 36.7 Å². The summed E-state index contributed by atoms with van der Waals surface area (Å²) in [7, 11) is 1.83. The van der Waals surface area contributed by atoms with Crippen molar-refractivity contribution in [2.24, 2.45) is 7.05 Å². The molecule has 0 unspecified atom stereocenters. The van der Waals surface area contributed by atoms with Crippen LogP contribution < -0.4 is 5.32 Å². The number of carbonyl (C=O) groups excluding carboxylic acids is 1. The number of H-pyrrole nitrogens is 1. The molecule has 0 spiro atoms. The second-order valence-corrected chi connectivity index (χ2v) is 7.38. The van der Waals surface area contributed by atoms with Crippen LogP contribution in [-0.4, -0.2) is 37.3 Å². The summed E-state index contributed by atoms with van der Waals surface area (Å²) in [5.74, 6) is -0.406. The quantitative estimate of drug-likeness (QED) is 0.647. The lowest BCUT2D eigenvalue weighted by atomic mass is 10.1. The van der Waals surface area contributed by atoms with Gasteiger partial charge >= 0.3 is 12.1 Å². The highest BCUT2D eigenvalue weighted by Gasteiger charge is 2.19. The van der Waals surface area contributed by atoms with E-state index in [2.05, 4.69) is 15.3 Å². The molecule has 3 aromatic rings. The number of benzene rings is 1. The number of amides is 1. The minimum atomic E-state index is -0.985.